The number of carbonyl (C=O) groups is 1. The Morgan fingerprint density at radius 3 is 3.00 bits per heavy atom. The van der Waals surface area contributed by atoms with Crippen LogP contribution < -0.4 is 10.1 Å². The number of hydrogen-bond donors (Lipinski definition) is 2. The van der Waals surface area contributed by atoms with Crippen LogP contribution in [-0.2, 0) is 11.4 Å². The Morgan fingerprint density at radius 1 is 1.48 bits per heavy atom. The first-order chi connectivity index (χ1) is 11.0. The van der Waals surface area contributed by atoms with Crippen molar-refractivity contribution in [3.05, 3.63) is 52.4 Å². The van der Waals surface area contributed by atoms with Gasteiger partial charge in [-0.2, -0.15) is 0 Å². The minimum Gasteiger partial charge on any atom is -0.486 e. The summed E-state index contributed by atoms with van der Waals surface area (Å²) in [6, 6.07) is 8.63. The van der Waals surface area contributed by atoms with Crippen LogP contribution >= 0.6 is 23.4 Å². The van der Waals surface area contributed by atoms with Crippen molar-refractivity contribution in [2.45, 2.75) is 24.9 Å². The lowest BCUT2D eigenvalue weighted by Gasteiger charge is -2.08. The normalized spacial score (nSPS) is 20.6. The van der Waals surface area contributed by atoms with Crippen LogP contribution in [0.15, 0.2) is 34.7 Å². The van der Waals surface area contributed by atoms with Gasteiger partial charge in [0.1, 0.15) is 35.3 Å². The summed E-state index contributed by atoms with van der Waals surface area (Å²) in [5.41, 5.74) is 0.954. The largest absolute Gasteiger partial charge is 0.486 e. The average molecular weight is 354 g/mol. The molecule has 1 aliphatic rings. The molecule has 0 radical (unpaired) electrons. The van der Waals surface area contributed by atoms with Gasteiger partial charge in [0.15, 0.2) is 0 Å². The zero-order valence-electron chi connectivity index (χ0n) is 12.4. The number of hydrogen-bond acceptors (Lipinski definition) is 5. The highest BCUT2D eigenvalue weighted by molar-refractivity contribution is 7.99. The van der Waals surface area contributed by atoms with Crippen LogP contribution in [0.25, 0.3) is 0 Å². The van der Waals surface area contributed by atoms with Crippen LogP contribution in [0.2, 0.25) is 5.02 Å². The number of carboxylic acid groups (broad SMARTS) is 1. The van der Waals surface area contributed by atoms with Gasteiger partial charge in [0.05, 0.1) is 0 Å². The fourth-order valence-electron chi connectivity index (χ4n) is 2.25. The maximum Gasteiger partial charge on any atom is 0.321 e. The first kappa shape index (κ1) is 16.2. The summed E-state index contributed by atoms with van der Waals surface area (Å²) in [6.07, 6.45) is 0. The Kier molecular flexibility index (Phi) is 4.84. The second-order valence-electron chi connectivity index (χ2n) is 5.27. The summed E-state index contributed by atoms with van der Waals surface area (Å²) in [5, 5.41) is 12.6. The summed E-state index contributed by atoms with van der Waals surface area (Å²) in [5.74, 6) is 1.81. The van der Waals surface area contributed by atoms with E-state index in [0.29, 0.717) is 28.9 Å². The number of furan rings is 1. The van der Waals surface area contributed by atoms with E-state index >= 15 is 0 Å². The predicted molar refractivity (Wildman–Crippen MR) is 89.0 cm³/mol. The molecule has 1 aromatic heterocycles. The number of aryl methyl sites for hydroxylation is 1. The van der Waals surface area contributed by atoms with Crippen LogP contribution in [0, 0.1) is 6.92 Å². The predicted octanol–water partition coefficient (Wildman–Crippen LogP) is 3.61. The molecule has 0 bridgehead atoms. The van der Waals surface area contributed by atoms with Crippen molar-refractivity contribution in [2.75, 3.05) is 5.75 Å². The number of thioether (sulfide) groups is 1. The Balaban J connectivity index is 1.59. The molecule has 0 aliphatic carbocycles. The van der Waals surface area contributed by atoms with E-state index in [1.165, 1.54) is 11.8 Å². The number of nitrogens with one attached hydrogen (secondary N) is 1. The van der Waals surface area contributed by atoms with Crippen molar-refractivity contribution in [3.63, 3.8) is 0 Å². The molecule has 1 aliphatic heterocycles. The van der Waals surface area contributed by atoms with Gasteiger partial charge in [-0.05, 0) is 42.8 Å². The zero-order valence-corrected chi connectivity index (χ0v) is 14.0. The van der Waals surface area contributed by atoms with Crippen LogP contribution in [0.3, 0.4) is 0 Å². The van der Waals surface area contributed by atoms with E-state index in [-0.39, 0.29) is 5.37 Å². The van der Waals surface area contributed by atoms with Gasteiger partial charge in [-0.15, -0.1) is 11.8 Å². The molecule has 0 amide bonds. The van der Waals surface area contributed by atoms with Crippen molar-refractivity contribution < 1.29 is 19.1 Å². The molecule has 2 aromatic rings. The molecule has 3 rings (SSSR count). The van der Waals surface area contributed by atoms with E-state index in [4.69, 9.17) is 25.9 Å². The number of ether oxygens (including phenoxy) is 1. The lowest BCUT2D eigenvalue weighted by molar-refractivity contribution is -0.138. The van der Waals surface area contributed by atoms with Gasteiger partial charge in [0, 0.05) is 10.8 Å². The van der Waals surface area contributed by atoms with Gasteiger partial charge in [0.2, 0.25) is 0 Å². The number of halogens is 1. The van der Waals surface area contributed by atoms with Gasteiger partial charge in [-0.25, -0.2) is 0 Å². The Hall–Kier alpha value is -1.63. The third kappa shape index (κ3) is 3.83. The van der Waals surface area contributed by atoms with Crippen molar-refractivity contribution in [1.29, 1.82) is 0 Å². The van der Waals surface area contributed by atoms with E-state index in [2.05, 4.69) is 5.32 Å². The Morgan fingerprint density at radius 2 is 2.30 bits per heavy atom. The third-order valence-electron chi connectivity index (χ3n) is 3.53. The third-order valence-corrected chi connectivity index (χ3v) is 5.18. The molecule has 23 heavy (non-hydrogen) atoms. The van der Waals surface area contributed by atoms with Gasteiger partial charge < -0.3 is 14.3 Å². The molecule has 0 unspecified atom stereocenters. The summed E-state index contributed by atoms with van der Waals surface area (Å²) in [4.78, 5) is 11.0. The molecule has 1 saturated heterocycles. The standard InChI is InChI=1S/C16H16ClNO4S/c1-9-6-10(2-4-12(9)17)21-7-11-3-5-14(22-11)15-18-13(8-23-15)16(19)20/h2-6,13,15,18H,7-8H2,1H3,(H,19,20)/t13-,15-/m1/s1. The minimum atomic E-state index is -0.840. The number of carboxylic acids is 1. The lowest BCUT2D eigenvalue weighted by Crippen LogP contribution is -2.33. The van der Waals surface area contributed by atoms with Crippen molar-refractivity contribution >= 4 is 29.3 Å². The van der Waals surface area contributed by atoms with E-state index < -0.39 is 12.0 Å². The van der Waals surface area contributed by atoms with Gasteiger partial charge in [-0.1, -0.05) is 11.6 Å². The molecule has 1 aromatic carbocycles. The maximum atomic E-state index is 11.0. The molecule has 0 spiro atoms. The van der Waals surface area contributed by atoms with E-state index in [9.17, 15) is 4.79 Å². The highest BCUT2D eigenvalue weighted by Gasteiger charge is 2.32. The molecule has 2 atom stereocenters. The molecular formula is C16H16ClNO4S. The SMILES string of the molecule is Cc1cc(OCc2ccc([C@@H]3N[C@@H](C(=O)O)CS3)o2)ccc1Cl. The molecule has 1 fully saturated rings. The average Bonchev–Trinajstić information content (AvgIpc) is 3.16. The van der Waals surface area contributed by atoms with Crippen molar-refractivity contribution in [2.24, 2.45) is 0 Å². The summed E-state index contributed by atoms with van der Waals surface area (Å²) < 4.78 is 11.4. The Labute approximate surface area is 143 Å². The first-order valence-electron chi connectivity index (χ1n) is 7.11. The molecule has 7 heteroatoms. The number of aliphatic carboxylic acids is 1. The monoisotopic (exact) mass is 353 g/mol. The van der Waals surface area contributed by atoms with Gasteiger partial charge >= 0.3 is 5.97 Å². The molecule has 2 N–H and O–H groups in total. The van der Waals surface area contributed by atoms with Crippen LogP contribution in [0.4, 0.5) is 0 Å². The summed E-state index contributed by atoms with van der Waals surface area (Å²) >= 11 is 7.50. The zero-order chi connectivity index (χ0) is 16.4. The number of rotatable bonds is 5. The fourth-order valence-corrected chi connectivity index (χ4v) is 3.55. The quantitative estimate of drug-likeness (QED) is 0.855. The maximum absolute atomic E-state index is 11.0. The van der Waals surface area contributed by atoms with Crippen LogP contribution in [0.5, 0.6) is 5.75 Å². The molecule has 5 nitrogen and oxygen atoms in total. The van der Waals surface area contributed by atoms with Crippen molar-refractivity contribution in [3.8, 4) is 5.75 Å². The molecule has 2 heterocycles. The lowest BCUT2D eigenvalue weighted by atomic mass is 10.2. The smallest absolute Gasteiger partial charge is 0.321 e. The highest BCUT2D eigenvalue weighted by atomic mass is 35.5. The molecule has 0 saturated carbocycles. The first-order valence-corrected chi connectivity index (χ1v) is 8.53. The fraction of sp³-hybridized carbons (Fsp3) is 0.312. The Bertz CT molecular complexity index is 718. The van der Waals surface area contributed by atoms with Crippen molar-refractivity contribution in [1.82, 2.24) is 5.32 Å². The second-order valence-corrected chi connectivity index (χ2v) is 6.82. The molecule has 122 valence electrons. The van der Waals surface area contributed by atoms with Crippen LogP contribution in [-0.4, -0.2) is 22.9 Å². The van der Waals surface area contributed by atoms with Gasteiger partial charge in [-0.3, -0.25) is 10.1 Å². The minimum absolute atomic E-state index is 0.136. The van der Waals surface area contributed by atoms with E-state index in [1.54, 1.807) is 6.07 Å². The topological polar surface area (TPSA) is 71.7 Å². The van der Waals surface area contributed by atoms with E-state index in [0.717, 1.165) is 11.3 Å². The summed E-state index contributed by atoms with van der Waals surface area (Å²) in [7, 11) is 0. The van der Waals surface area contributed by atoms with E-state index in [1.807, 2.05) is 31.2 Å². The highest BCUT2D eigenvalue weighted by Crippen LogP contribution is 2.34. The van der Waals surface area contributed by atoms with Crippen LogP contribution in [0.1, 0.15) is 22.5 Å². The number of benzene rings is 1. The second kappa shape index (κ2) is 6.86. The molecular weight excluding hydrogens is 338 g/mol. The van der Waals surface area contributed by atoms with Gasteiger partial charge in [0.25, 0.3) is 0 Å². The summed E-state index contributed by atoms with van der Waals surface area (Å²) in [6.45, 7) is 2.23.